The van der Waals surface area contributed by atoms with Gasteiger partial charge in [-0.05, 0) is 49.2 Å². The van der Waals surface area contributed by atoms with Crippen LogP contribution >= 0.6 is 11.3 Å². The fourth-order valence-electron chi connectivity index (χ4n) is 3.90. The van der Waals surface area contributed by atoms with Crippen LogP contribution in [0, 0.1) is 5.92 Å². The molecule has 2 heterocycles. The van der Waals surface area contributed by atoms with Crippen molar-refractivity contribution in [2.45, 2.75) is 22.6 Å². The molecule has 0 unspecified atom stereocenters. The highest BCUT2D eigenvalue weighted by atomic mass is 32.2. The first-order valence-electron chi connectivity index (χ1n) is 10.8. The van der Waals surface area contributed by atoms with Crippen molar-refractivity contribution in [3.05, 3.63) is 53.9 Å². The lowest BCUT2D eigenvalue weighted by atomic mass is 9.97. The number of rotatable bonds is 7. The number of sulfonamides is 1. The highest BCUT2D eigenvalue weighted by Gasteiger charge is 2.34. The molecule has 1 fully saturated rings. The van der Waals surface area contributed by atoms with E-state index < -0.39 is 19.9 Å². The van der Waals surface area contributed by atoms with E-state index in [0.717, 1.165) is 23.3 Å². The monoisotopic (exact) mass is 535 g/mol. The highest BCUT2D eigenvalue weighted by Crippen LogP contribution is 2.30. The van der Waals surface area contributed by atoms with Gasteiger partial charge in [0.1, 0.15) is 10.6 Å². The van der Waals surface area contributed by atoms with Crippen LogP contribution in [0.4, 0.5) is 5.13 Å². The minimum absolute atomic E-state index is 0.119. The first-order valence-corrected chi connectivity index (χ1v) is 15.0. The lowest BCUT2D eigenvalue weighted by molar-refractivity contribution is -0.120. The van der Waals surface area contributed by atoms with Crippen LogP contribution in [0.15, 0.2) is 63.7 Å². The van der Waals surface area contributed by atoms with E-state index in [1.165, 1.54) is 39.9 Å². The van der Waals surface area contributed by atoms with Gasteiger partial charge >= 0.3 is 0 Å². The van der Waals surface area contributed by atoms with E-state index in [-0.39, 0.29) is 34.7 Å². The Morgan fingerprint density at radius 1 is 1.03 bits per heavy atom. The molecule has 186 valence electrons. The summed E-state index contributed by atoms with van der Waals surface area (Å²) >= 11 is 1.32. The zero-order chi connectivity index (χ0) is 25.2. The first-order chi connectivity index (χ1) is 16.6. The van der Waals surface area contributed by atoms with Crippen LogP contribution in [0.25, 0.3) is 11.3 Å². The summed E-state index contributed by atoms with van der Waals surface area (Å²) < 4.78 is 56.8. The van der Waals surface area contributed by atoms with E-state index in [1.54, 1.807) is 7.11 Å². The van der Waals surface area contributed by atoms with E-state index in [4.69, 9.17) is 4.74 Å². The normalized spacial score (nSPS) is 15.6. The van der Waals surface area contributed by atoms with Crippen molar-refractivity contribution in [1.82, 2.24) is 9.29 Å². The highest BCUT2D eigenvalue weighted by molar-refractivity contribution is 7.93. The lowest BCUT2D eigenvalue weighted by Gasteiger charge is -2.30. The standard InChI is InChI=1S/C23H25N3O6S3/c1-32-18-9-7-16(8-10-18)19-15-33-23(24-19)25-22(27)17-11-13-26(14-12-17)35(30,31)21-6-4-3-5-20(21)34(2,28)29/h3-10,15,17H,11-14H2,1-2H3,(H,24,25,27). The van der Waals surface area contributed by atoms with Crippen molar-refractivity contribution in [3.63, 3.8) is 0 Å². The van der Waals surface area contributed by atoms with E-state index in [0.29, 0.717) is 18.0 Å². The van der Waals surface area contributed by atoms with Gasteiger partial charge in [-0.1, -0.05) is 12.1 Å². The van der Waals surface area contributed by atoms with Crippen LogP contribution in [0.1, 0.15) is 12.8 Å². The number of hydrogen-bond donors (Lipinski definition) is 1. The predicted octanol–water partition coefficient (Wildman–Crippen LogP) is 3.26. The number of benzene rings is 2. The zero-order valence-electron chi connectivity index (χ0n) is 19.2. The summed E-state index contributed by atoms with van der Waals surface area (Å²) in [4.78, 5) is 16.8. The van der Waals surface area contributed by atoms with Crippen molar-refractivity contribution >= 4 is 42.2 Å². The second kappa shape index (κ2) is 10.1. The summed E-state index contributed by atoms with van der Waals surface area (Å²) in [5.74, 6) is 0.153. The molecule has 1 saturated heterocycles. The number of thiazole rings is 1. The van der Waals surface area contributed by atoms with Crippen molar-refractivity contribution in [2.24, 2.45) is 5.92 Å². The number of hydrogen-bond acceptors (Lipinski definition) is 8. The second-order valence-electron chi connectivity index (χ2n) is 8.15. The van der Waals surface area contributed by atoms with Gasteiger partial charge in [0.15, 0.2) is 15.0 Å². The number of nitrogens with one attached hydrogen (secondary N) is 1. The largest absolute Gasteiger partial charge is 0.497 e. The molecule has 0 bridgehead atoms. The average Bonchev–Trinajstić information content (AvgIpc) is 3.32. The Bertz CT molecular complexity index is 1430. The number of amides is 1. The molecule has 0 spiro atoms. The summed E-state index contributed by atoms with van der Waals surface area (Å²) in [5.41, 5.74) is 1.63. The Morgan fingerprint density at radius 3 is 2.26 bits per heavy atom. The third-order valence-electron chi connectivity index (χ3n) is 5.81. The average molecular weight is 536 g/mol. The molecule has 2 aromatic carbocycles. The number of piperidine rings is 1. The van der Waals surface area contributed by atoms with Crippen molar-refractivity contribution in [2.75, 3.05) is 31.8 Å². The Labute approximate surface area is 208 Å². The number of aromatic nitrogens is 1. The fraction of sp³-hybridized carbons (Fsp3) is 0.304. The Balaban J connectivity index is 1.39. The van der Waals surface area contributed by atoms with Crippen LogP contribution in [0.2, 0.25) is 0 Å². The topological polar surface area (TPSA) is 123 Å². The minimum Gasteiger partial charge on any atom is -0.497 e. The number of carbonyl (C=O) groups is 1. The molecule has 12 heteroatoms. The van der Waals surface area contributed by atoms with Crippen molar-refractivity contribution < 1.29 is 26.4 Å². The van der Waals surface area contributed by atoms with Crippen LogP contribution < -0.4 is 10.1 Å². The summed E-state index contributed by atoms with van der Waals surface area (Å²) in [5, 5.41) is 5.16. The van der Waals surface area contributed by atoms with Gasteiger partial charge < -0.3 is 10.1 Å². The molecule has 1 aromatic heterocycles. The maximum Gasteiger partial charge on any atom is 0.244 e. The van der Waals surface area contributed by atoms with E-state index in [9.17, 15) is 21.6 Å². The SMILES string of the molecule is COc1ccc(-c2csc(NC(=O)C3CCN(S(=O)(=O)c4ccccc4S(C)(=O)=O)CC3)n2)cc1. The van der Waals surface area contributed by atoms with Crippen LogP contribution in [0.5, 0.6) is 5.75 Å². The van der Waals surface area contributed by atoms with Gasteiger partial charge in [0, 0.05) is 36.2 Å². The van der Waals surface area contributed by atoms with Gasteiger partial charge in [0.2, 0.25) is 15.9 Å². The number of ether oxygens (including phenoxy) is 1. The molecule has 9 nitrogen and oxygen atoms in total. The summed E-state index contributed by atoms with van der Waals surface area (Å²) in [7, 11) is -6.13. The summed E-state index contributed by atoms with van der Waals surface area (Å²) in [6.07, 6.45) is 1.63. The summed E-state index contributed by atoms with van der Waals surface area (Å²) in [6, 6.07) is 13.0. The summed E-state index contributed by atoms with van der Waals surface area (Å²) in [6.45, 7) is 0.237. The van der Waals surface area contributed by atoms with Crippen molar-refractivity contribution in [1.29, 1.82) is 0 Å². The third-order valence-corrected chi connectivity index (χ3v) is 9.81. The maximum atomic E-state index is 13.1. The van der Waals surface area contributed by atoms with E-state index >= 15 is 0 Å². The number of carbonyl (C=O) groups excluding carboxylic acids is 1. The fourth-order valence-corrected chi connectivity index (χ4v) is 7.69. The molecular formula is C23H25N3O6S3. The molecule has 1 aliphatic heterocycles. The third kappa shape index (κ3) is 5.56. The van der Waals surface area contributed by atoms with Gasteiger partial charge in [-0.2, -0.15) is 4.31 Å². The molecule has 1 N–H and O–H groups in total. The zero-order valence-corrected chi connectivity index (χ0v) is 21.6. The predicted molar refractivity (Wildman–Crippen MR) is 134 cm³/mol. The van der Waals surface area contributed by atoms with E-state index in [2.05, 4.69) is 10.3 Å². The van der Waals surface area contributed by atoms with Crippen LogP contribution in [-0.4, -0.2) is 58.5 Å². The number of methoxy groups -OCH3 is 1. The number of anilines is 1. The molecule has 35 heavy (non-hydrogen) atoms. The molecular weight excluding hydrogens is 510 g/mol. The molecule has 3 aromatic rings. The lowest BCUT2D eigenvalue weighted by Crippen LogP contribution is -2.41. The van der Waals surface area contributed by atoms with Gasteiger partial charge in [-0.3, -0.25) is 4.79 Å². The first kappa shape index (κ1) is 25.3. The molecule has 1 amide bonds. The Morgan fingerprint density at radius 2 is 1.66 bits per heavy atom. The van der Waals surface area contributed by atoms with Gasteiger partial charge in [-0.15, -0.1) is 11.3 Å². The smallest absolute Gasteiger partial charge is 0.244 e. The van der Waals surface area contributed by atoms with Crippen LogP contribution in [0.3, 0.4) is 0 Å². The quantitative estimate of drug-likeness (QED) is 0.493. The minimum atomic E-state index is -4.01. The van der Waals surface area contributed by atoms with Crippen LogP contribution in [-0.2, 0) is 24.7 Å². The van der Waals surface area contributed by atoms with Gasteiger partial charge in [0.25, 0.3) is 0 Å². The van der Waals surface area contributed by atoms with Gasteiger partial charge in [0.05, 0.1) is 17.7 Å². The molecule has 1 aliphatic rings. The second-order valence-corrected chi connectivity index (χ2v) is 12.9. The molecule has 0 radical (unpaired) electrons. The molecule has 0 atom stereocenters. The molecule has 4 rings (SSSR count). The number of nitrogens with zero attached hydrogens (tertiary/aromatic N) is 2. The maximum absolute atomic E-state index is 13.1. The van der Waals surface area contributed by atoms with Crippen molar-refractivity contribution in [3.8, 4) is 17.0 Å². The molecule has 0 saturated carbocycles. The Kier molecular flexibility index (Phi) is 7.27. The Hall–Kier alpha value is -2.80. The number of sulfone groups is 1. The van der Waals surface area contributed by atoms with E-state index in [1.807, 2.05) is 29.6 Å². The van der Waals surface area contributed by atoms with Gasteiger partial charge in [-0.25, -0.2) is 21.8 Å². The molecule has 0 aliphatic carbocycles.